The van der Waals surface area contributed by atoms with Crippen molar-refractivity contribution in [2.75, 3.05) is 25.0 Å². The zero-order chi connectivity index (χ0) is 16.1. The fraction of sp³-hybridized carbons (Fsp3) is 0.562. The van der Waals surface area contributed by atoms with E-state index in [4.69, 9.17) is 9.31 Å². The van der Waals surface area contributed by atoms with Gasteiger partial charge in [0.05, 0.1) is 11.2 Å². The van der Waals surface area contributed by atoms with Gasteiger partial charge in [-0.25, -0.2) is 4.79 Å². The van der Waals surface area contributed by atoms with Crippen molar-refractivity contribution in [3.63, 3.8) is 0 Å². The average Bonchev–Trinajstić information content (AvgIpc) is 2.88. The molecule has 0 N–H and O–H groups in total. The van der Waals surface area contributed by atoms with Crippen molar-refractivity contribution in [2.45, 2.75) is 38.9 Å². The molecule has 0 aromatic heterocycles. The Balaban J connectivity index is 1.77. The first-order valence-corrected chi connectivity index (χ1v) is 7.69. The van der Waals surface area contributed by atoms with E-state index in [1.807, 2.05) is 59.0 Å². The van der Waals surface area contributed by atoms with E-state index < -0.39 is 0 Å². The van der Waals surface area contributed by atoms with E-state index >= 15 is 0 Å². The summed E-state index contributed by atoms with van der Waals surface area (Å²) in [5, 5.41) is 0. The molecule has 0 aliphatic carbocycles. The van der Waals surface area contributed by atoms with E-state index in [1.54, 1.807) is 9.80 Å². The van der Waals surface area contributed by atoms with E-state index in [9.17, 15) is 4.79 Å². The third-order valence-corrected chi connectivity index (χ3v) is 4.95. The van der Waals surface area contributed by atoms with Crippen LogP contribution >= 0.6 is 0 Å². The number of amides is 2. The Morgan fingerprint density at radius 2 is 1.55 bits per heavy atom. The number of carbonyl (C=O) groups excluding carboxylic acids is 1. The van der Waals surface area contributed by atoms with Crippen molar-refractivity contribution in [2.24, 2.45) is 0 Å². The third-order valence-electron chi connectivity index (χ3n) is 4.95. The fourth-order valence-corrected chi connectivity index (χ4v) is 2.68. The summed E-state index contributed by atoms with van der Waals surface area (Å²) < 4.78 is 12.1. The van der Waals surface area contributed by atoms with Gasteiger partial charge in [-0.1, -0.05) is 12.1 Å². The number of likely N-dealkylation sites (N-methyl/N-ethyl adjacent to an activating group) is 1. The van der Waals surface area contributed by atoms with Gasteiger partial charge < -0.3 is 14.2 Å². The first-order chi connectivity index (χ1) is 10.2. The van der Waals surface area contributed by atoms with E-state index in [0.717, 1.165) is 24.2 Å². The van der Waals surface area contributed by atoms with Gasteiger partial charge in [-0.15, -0.1) is 0 Å². The molecule has 2 aliphatic rings. The lowest BCUT2D eigenvalue weighted by atomic mass is 9.79. The SMILES string of the molecule is CN1CCN(c2ccc(B3OC(C)(C)C(C)(C)O3)cc2)C1=O. The van der Waals surface area contributed by atoms with Gasteiger partial charge >= 0.3 is 13.1 Å². The number of urea groups is 1. The Morgan fingerprint density at radius 1 is 1.00 bits per heavy atom. The number of rotatable bonds is 2. The topological polar surface area (TPSA) is 42.0 Å². The summed E-state index contributed by atoms with van der Waals surface area (Å²) >= 11 is 0. The molecule has 2 heterocycles. The number of benzene rings is 1. The predicted octanol–water partition coefficient (Wildman–Crippen LogP) is 1.86. The predicted molar refractivity (Wildman–Crippen MR) is 87.5 cm³/mol. The van der Waals surface area contributed by atoms with Crippen molar-refractivity contribution in [3.8, 4) is 0 Å². The zero-order valence-electron chi connectivity index (χ0n) is 13.9. The number of anilines is 1. The van der Waals surface area contributed by atoms with Crippen LogP contribution in [0.3, 0.4) is 0 Å². The van der Waals surface area contributed by atoms with Crippen LogP contribution in [0, 0.1) is 0 Å². The van der Waals surface area contributed by atoms with Crippen LogP contribution in [0.15, 0.2) is 24.3 Å². The molecule has 0 saturated carbocycles. The number of nitrogens with zero attached hydrogens (tertiary/aromatic N) is 2. The van der Waals surface area contributed by atoms with Crippen molar-refractivity contribution < 1.29 is 14.1 Å². The maximum Gasteiger partial charge on any atom is 0.494 e. The van der Waals surface area contributed by atoms with Gasteiger partial charge in [-0.05, 0) is 45.3 Å². The van der Waals surface area contributed by atoms with Crippen LogP contribution in [0.5, 0.6) is 0 Å². The lowest BCUT2D eigenvalue weighted by Gasteiger charge is -2.32. The summed E-state index contributed by atoms with van der Waals surface area (Å²) in [7, 11) is 1.46. The van der Waals surface area contributed by atoms with E-state index in [-0.39, 0.29) is 24.4 Å². The second kappa shape index (κ2) is 5.00. The van der Waals surface area contributed by atoms with Gasteiger partial charge in [0, 0.05) is 25.8 Å². The fourth-order valence-electron chi connectivity index (χ4n) is 2.68. The number of hydrogen-bond acceptors (Lipinski definition) is 3. The molecule has 3 rings (SSSR count). The molecule has 0 bridgehead atoms. The Morgan fingerprint density at radius 3 is 2.00 bits per heavy atom. The normalized spacial score (nSPS) is 23.5. The average molecular weight is 302 g/mol. The van der Waals surface area contributed by atoms with Crippen molar-refractivity contribution in [1.29, 1.82) is 0 Å². The van der Waals surface area contributed by atoms with Crippen LogP contribution in [-0.2, 0) is 9.31 Å². The van der Waals surface area contributed by atoms with Crippen LogP contribution in [-0.4, -0.2) is 49.4 Å². The van der Waals surface area contributed by atoms with Gasteiger partial charge in [-0.3, -0.25) is 4.90 Å². The third kappa shape index (κ3) is 2.40. The van der Waals surface area contributed by atoms with Gasteiger partial charge in [0.2, 0.25) is 0 Å². The molecule has 2 amide bonds. The molecule has 6 heteroatoms. The minimum absolute atomic E-state index is 0.0448. The highest BCUT2D eigenvalue weighted by Gasteiger charge is 2.51. The van der Waals surface area contributed by atoms with Crippen LogP contribution in [0.4, 0.5) is 10.5 Å². The van der Waals surface area contributed by atoms with Gasteiger partial charge in [0.15, 0.2) is 0 Å². The molecule has 0 spiro atoms. The first-order valence-electron chi connectivity index (χ1n) is 7.69. The van der Waals surface area contributed by atoms with Crippen LogP contribution in [0.2, 0.25) is 0 Å². The quantitative estimate of drug-likeness (QED) is 0.783. The van der Waals surface area contributed by atoms with Gasteiger partial charge in [0.1, 0.15) is 0 Å². The Kier molecular flexibility index (Phi) is 3.49. The molecule has 1 aromatic carbocycles. The minimum Gasteiger partial charge on any atom is -0.399 e. The highest BCUT2D eigenvalue weighted by atomic mass is 16.7. The molecule has 22 heavy (non-hydrogen) atoms. The summed E-state index contributed by atoms with van der Waals surface area (Å²) in [6.45, 7) is 9.66. The standard InChI is InChI=1S/C16H23BN2O3/c1-15(2)16(3,4)22-17(21-15)12-6-8-13(9-7-12)19-11-10-18(5)14(19)20/h6-9H,10-11H2,1-5H3. The molecule has 0 radical (unpaired) electrons. The lowest BCUT2D eigenvalue weighted by molar-refractivity contribution is 0.00578. The second-order valence-electron chi connectivity index (χ2n) is 7.04. The second-order valence-corrected chi connectivity index (χ2v) is 7.04. The highest BCUT2D eigenvalue weighted by molar-refractivity contribution is 6.62. The Hall–Kier alpha value is -1.53. The highest BCUT2D eigenvalue weighted by Crippen LogP contribution is 2.36. The number of hydrogen-bond donors (Lipinski definition) is 0. The van der Waals surface area contributed by atoms with E-state index in [0.29, 0.717) is 0 Å². The smallest absolute Gasteiger partial charge is 0.399 e. The van der Waals surface area contributed by atoms with Gasteiger partial charge in [-0.2, -0.15) is 0 Å². The molecule has 2 fully saturated rings. The summed E-state index contributed by atoms with van der Waals surface area (Å²) in [6.07, 6.45) is 0. The summed E-state index contributed by atoms with van der Waals surface area (Å²) in [4.78, 5) is 15.5. The van der Waals surface area contributed by atoms with E-state index in [1.165, 1.54) is 0 Å². The lowest BCUT2D eigenvalue weighted by Crippen LogP contribution is -2.41. The van der Waals surface area contributed by atoms with Crippen LogP contribution in [0.1, 0.15) is 27.7 Å². The molecule has 2 aliphatic heterocycles. The van der Waals surface area contributed by atoms with Crippen molar-refractivity contribution >= 4 is 24.3 Å². The molecule has 2 saturated heterocycles. The molecule has 0 unspecified atom stereocenters. The Bertz CT molecular complexity index is 570. The molecule has 1 aromatic rings. The summed E-state index contributed by atoms with van der Waals surface area (Å²) in [5.41, 5.74) is 1.20. The minimum atomic E-state index is -0.365. The summed E-state index contributed by atoms with van der Waals surface area (Å²) in [5.74, 6) is 0. The largest absolute Gasteiger partial charge is 0.494 e. The van der Waals surface area contributed by atoms with E-state index in [2.05, 4.69) is 0 Å². The first kappa shape index (κ1) is 15.4. The monoisotopic (exact) mass is 302 g/mol. The molecule has 118 valence electrons. The maximum atomic E-state index is 12.0. The molecular weight excluding hydrogens is 279 g/mol. The van der Waals surface area contributed by atoms with Crippen molar-refractivity contribution in [1.82, 2.24) is 4.90 Å². The van der Waals surface area contributed by atoms with Crippen LogP contribution < -0.4 is 10.4 Å². The molecule has 0 atom stereocenters. The molecule has 5 nitrogen and oxygen atoms in total. The maximum absolute atomic E-state index is 12.0. The molecular formula is C16H23BN2O3. The Labute approximate surface area is 132 Å². The van der Waals surface area contributed by atoms with Crippen molar-refractivity contribution in [3.05, 3.63) is 24.3 Å². The zero-order valence-corrected chi connectivity index (χ0v) is 13.9. The van der Waals surface area contributed by atoms with Gasteiger partial charge in [0.25, 0.3) is 0 Å². The van der Waals surface area contributed by atoms with Crippen LogP contribution in [0.25, 0.3) is 0 Å². The summed E-state index contributed by atoms with van der Waals surface area (Å²) in [6, 6.07) is 7.91. The number of carbonyl (C=O) groups is 1.